The highest BCUT2D eigenvalue weighted by Gasteiger charge is 2.64. The molecule has 316 valence electrons. The van der Waals surface area contributed by atoms with E-state index in [1.54, 1.807) is 6.08 Å². The highest BCUT2D eigenvalue weighted by atomic mass is 32.2. The lowest BCUT2D eigenvalue weighted by Gasteiger charge is -2.48. The zero-order chi connectivity index (χ0) is 41.6. The molecule has 4 fully saturated rings. The second kappa shape index (κ2) is 15.9. The Morgan fingerprint density at radius 2 is 1.83 bits per heavy atom. The molecule has 58 heavy (non-hydrogen) atoms. The van der Waals surface area contributed by atoms with Crippen molar-refractivity contribution in [2.75, 3.05) is 33.5 Å². The number of allylic oxidation sites excluding steroid dienone is 1. The number of methoxy groups -OCH3 is 1. The van der Waals surface area contributed by atoms with Crippen LogP contribution < -0.4 is 19.5 Å². The molecule has 2 aliphatic carbocycles. The minimum absolute atomic E-state index is 0.0449. The number of sulfonamides is 1. The van der Waals surface area contributed by atoms with Gasteiger partial charge in [0.1, 0.15) is 40.9 Å². The number of aromatic nitrogens is 1. The third-order valence-corrected chi connectivity index (χ3v) is 15.2. The van der Waals surface area contributed by atoms with Crippen molar-refractivity contribution in [1.82, 2.24) is 24.8 Å². The Morgan fingerprint density at radius 3 is 2.48 bits per heavy atom. The summed E-state index contributed by atoms with van der Waals surface area (Å²) in [7, 11) is -2.88. The molecule has 2 aromatic rings. The van der Waals surface area contributed by atoms with Gasteiger partial charge in [0.05, 0.1) is 19.9 Å². The van der Waals surface area contributed by atoms with E-state index in [1.165, 1.54) is 23.1 Å². The monoisotopic (exact) mass is 827 g/mol. The van der Waals surface area contributed by atoms with Crippen LogP contribution in [0.4, 0.5) is 9.18 Å². The summed E-state index contributed by atoms with van der Waals surface area (Å²) < 4.78 is 58.4. The number of alkyl halides is 1. The molecule has 3 N–H and O–H groups in total. The fraction of sp³-hybridized carbons (Fsp3) is 0.634. The molecule has 3 aliphatic heterocycles. The smallest absolute Gasteiger partial charge is 0.408 e. The maximum absolute atomic E-state index is 15.3. The lowest BCUT2D eigenvalue weighted by Crippen LogP contribution is -2.64. The zero-order valence-electron chi connectivity index (χ0n) is 33.4. The van der Waals surface area contributed by atoms with Crippen LogP contribution in [0.3, 0.4) is 0 Å². The first-order chi connectivity index (χ1) is 27.6. The van der Waals surface area contributed by atoms with Crippen LogP contribution in [-0.2, 0) is 29.1 Å². The van der Waals surface area contributed by atoms with E-state index in [0.717, 1.165) is 5.39 Å². The highest BCUT2D eigenvalue weighted by molar-refractivity contribution is 7.91. The molecule has 0 unspecified atom stereocenters. The van der Waals surface area contributed by atoms with Gasteiger partial charge in [-0.15, -0.1) is 0 Å². The number of halogens is 1. The summed E-state index contributed by atoms with van der Waals surface area (Å²) in [5.41, 5.74) is -2.63. The number of rotatable bonds is 9. The molecule has 2 saturated heterocycles. The van der Waals surface area contributed by atoms with Gasteiger partial charge in [0.25, 0.3) is 5.91 Å². The van der Waals surface area contributed by atoms with Crippen LogP contribution in [0.25, 0.3) is 10.8 Å². The van der Waals surface area contributed by atoms with Crippen LogP contribution in [0.5, 0.6) is 11.6 Å². The standard InChI is InChI=1S/C41H54FN5O10S/c1-25-9-5-6-10-27-21-41(27,37(50)45-58(53,54)40(24-42)13-14-40)44-34(48)31-20-28(57-35-30-12-8-7-11-29(30)32(55-4)22-43-35)23-46(31)36(49)33(26(2)19-25)47(38(51)52)39(3)15-17-56-18-16-39/h6-8,10-12,22,25-28,31,33H,5,9,13-21,23-24H2,1-4H3,(H,44,48)(H,45,50)(H,51,52)/t25-,26-,27-,28-,31+,33+,41-/m1/s1. The number of carboxylic acid groups (broad SMARTS) is 1. The van der Waals surface area contributed by atoms with Crippen LogP contribution in [0.15, 0.2) is 42.6 Å². The fourth-order valence-corrected chi connectivity index (χ4v) is 10.6. The maximum atomic E-state index is 15.3. The summed E-state index contributed by atoms with van der Waals surface area (Å²) in [6.07, 6.45) is 5.89. The Labute approximate surface area is 338 Å². The Bertz CT molecular complexity index is 2070. The first-order valence-electron chi connectivity index (χ1n) is 20.2. The van der Waals surface area contributed by atoms with Crippen molar-refractivity contribution in [1.29, 1.82) is 0 Å². The molecule has 7 atom stereocenters. The topological polar surface area (TPSA) is 194 Å². The summed E-state index contributed by atoms with van der Waals surface area (Å²) in [5.74, 6) is -2.48. The van der Waals surface area contributed by atoms with E-state index in [9.17, 15) is 32.3 Å². The van der Waals surface area contributed by atoms with Crippen LogP contribution in [-0.4, -0.2) is 120 Å². The van der Waals surface area contributed by atoms with Gasteiger partial charge in [-0.2, -0.15) is 0 Å². The van der Waals surface area contributed by atoms with Crippen molar-refractivity contribution in [3.8, 4) is 11.6 Å². The average Bonchev–Trinajstić information content (AvgIpc) is 4.10. The van der Waals surface area contributed by atoms with Crippen molar-refractivity contribution in [2.45, 2.75) is 113 Å². The van der Waals surface area contributed by atoms with Crippen molar-refractivity contribution in [3.05, 3.63) is 42.6 Å². The van der Waals surface area contributed by atoms with Gasteiger partial charge in [0.15, 0.2) is 0 Å². The minimum atomic E-state index is -4.41. The van der Waals surface area contributed by atoms with Gasteiger partial charge in [0.2, 0.25) is 27.7 Å². The summed E-state index contributed by atoms with van der Waals surface area (Å²) in [4.78, 5) is 64.5. The van der Waals surface area contributed by atoms with Gasteiger partial charge < -0.3 is 29.5 Å². The predicted molar refractivity (Wildman–Crippen MR) is 210 cm³/mol. The number of hydrogen-bond acceptors (Lipinski definition) is 10. The number of pyridine rings is 1. The first-order valence-corrected chi connectivity index (χ1v) is 21.7. The van der Waals surface area contributed by atoms with E-state index in [0.29, 0.717) is 56.5 Å². The summed E-state index contributed by atoms with van der Waals surface area (Å²) >= 11 is 0. The fourth-order valence-electron chi connectivity index (χ4n) is 9.19. The summed E-state index contributed by atoms with van der Waals surface area (Å²) in [6.45, 7) is 5.13. The van der Waals surface area contributed by atoms with Gasteiger partial charge in [-0.3, -0.25) is 24.0 Å². The largest absolute Gasteiger partial charge is 0.494 e. The Hall–Kier alpha value is -4.51. The van der Waals surface area contributed by atoms with Gasteiger partial charge >= 0.3 is 6.09 Å². The van der Waals surface area contributed by atoms with Crippen LogP contribution in [0.1, 0.15) is 78.6 Å². The maximum Gasteiger partial charge on any atom is 0.408 e. The van der Waals surface area contributed by atoms with Crippen molar-refractivity contribution >= 4 is 44.6 Å². The van der Waals surface area contributed by atoms with E-state index in [-0.39, 0.29) is 44.0 Å². The van der Waals surface area contributed by atoms with Gasteiger partial charge in [0, 0.05) is 41.9 Å². The number of benzene rings is 1. The minimum Gasteiger partial charge on any atom is -0.494 e. The Balaban J connectivity index is 1.28. The zero-order valence-corrected chi connectivity index (χ0v) is 34.3. The average molecular weight is 828 g/mol. The number of fused-ring (bicyclic) bond motifs is 3. The quantitative estimate of drug-likeness (QED) is 0.305. The molecule has 5 aliphatic rings. The van der Waals surface area contributed by atoms with E-state index in [4.69, 9.17) is 14.2 Å². The number of nitrogens with zero attached hydrogens (tertiary/aromatic N) is 3. The van der Waals surface area contributed by atoms with Crippen molar-refractivity contribution < 1.29 is 51.3 Å². The number of carbonyl (C=O) groups is 4. The van der Waals surface area contributed by atoms with Crippen LogP contribution in [0, 0.1) is 17.8 Å². The molecule has 1 aromatic heterocycles. The number of amides is 4. The van der Waals surface area contributed by atoms with Gasteiger partial charge in [-0.1, -0.05) is 44.2 Å². The lowest BCUT2D eigenvalue weighted by atomic mass is 9.82. The number of carbonyl (C=O) groups excluding carboxylic acids is 3. The Kier molecular flexibility index (Phi) is 11.4. The number of hydrogen-bond donors (Lipinski definition) is 3. The molecule has 0 bridgehead atoms. The normalized spacial score (nSPS) is 30.8. The van der Waals surface area contributed by atoms with E-state index >= 15 is 4.79 Å². The van der Waals surface area contributed by atoms with Gasteiger partial charge in [-0.25, -0.2) is 22.6 Å². The van der Waals surface area contributed by atoms with Crippen LogP contribution >= 0.6 is 0 Å². The molecule has 2 saturated carbocycles. The van der Waals surface area contributed by atoms with Crippen molar-refractivity contribution in [3.63, 3.8) is 0 Å². The first kappa shape index (κ1) is 41.6. The molecule has 0 radical (unpaired) electrons. The predicted octanol–water partition coefficient (Wildman–Crippen LogP) is 4.34. The SMILES string of the molecule is COc1cnc(O[C@@H]2C[C@H]3C(=O)N[C@]4(C(=O)NS(=O)(=O)C5(CF)CC5)C[C@H]4C=CCC[C@@H](C)C[C@@H](C)[C@H](N(C(=O)O)C4(C)CCOCC4)C(=O)N3C2)c2ccccc12. The second-order valence-corrected chi connectivity index (χ2v) is 19.3. The molecule has 4 heterocycles. The summed E-state index contributed by atoms with van der Waals surface area (Å²) in [5, 5.41) is 15.1. The number of ether oxygens (including phenoxy) is 3. The molecule has 15 nitrogen and oxygen atoms in total. The van der Waals surface area contributed by atoms with Gasteiger partial charge in [-0.05, 0) is 76.2 Å². The Morgan fingerprint density at radius 1 is 1.12 bits per heavy atom. The third kappa shape index (κ3) is 7.71. The third-order valence-electron chi connectivity index (χ3n) is 13.1. The highest BCUT2D eigenvalue weighted by Crippen LogP contribution is 2.48. The molecule has 0 spiro atoms. The second-order valence-electron chi connectivity index (χ2n) is 17.2. The molecule has 4 amide bonds. The van der Waals surface area contributed by atoms with E-state index in [2.05, 4.69) is 15.0 Å². The molecule has 1 aromatic carbocycles. The molecular weight excluding hydrogens is 774 g/mol. The molecule has 17 heteroatoms. The molecular formula is C41H54FN5O10S. The van der Waals surface area contributed by atoms with E-state index in [1.807, 2.05) is 51.1 Å². The van der Waals surface area contributed by atoms with Crippen molar-refractivity contribution in [2.24, 2.45) is 17.8 Å². The lowest BCUT2D eigenvalue weighted by molar-refractivity contribution is -0.148. The summed E-state index contributed by atoms with van der Waals surface area (Å²) in [6, 6.07) is 4.90. The molecule has 7 rings (SSSR count). The van der Waals surface area contributed by atoms with E-state index < -0.39 is 86.4 Å². The number of nitrogens with one attached hydrogen (secondary N) is 2. The van der Waals surface area contributed by atoms with Crippen LogP contribution in [0.2, 0.25) is 0 Å².